The molecular formula is C40H34F3N5O8S. The summed E-state index contributed by atoms with van der Waals surface area (Å²) in [7, 11) is -1.38. The summed E-state index contributed by atoms with van der Waals surface area (Å²) in [5.41, 5.74) is 2.14. The summed E-state index contributed by atoms with van der Waals surface area (Å²) >= 11 is 0. The van der Waals surface area contributed by atoms with Crippen LogP contribution in [-0.4, -0.2) is 67.2 Å². The van der Waals surface area contributed by atoms with Gasteiger partial charge in [0.05, 0.1) is 48.0 Å². The molecule has 0 unspecified atom stereocenters. The molecule has 3 N–H and O–H groups in total. The largest absolute Gasteiger partial charge is 0.496 e. The van der Waals surface area contributed by atoms with Crippen molar-refractivity contribution in [2.24, 2.45) is 0 Å². The van der Waals surface area contributed by atoms with E-state index in [4.69, 9.17) is 14.2 Å². The average Bonchev–Trinajstić information content (AvgIpc) is 3.19. The Bertz CT molecular complexity index is 2550. The number of carbonyl (C=O) groups excluding carboxylic acids is 1. The van der Waals surface area contributed by atoms with Crippen molar-refractivity contribution in [3.05, 3.63) is 126 Å². The lowest BCUT2D eigenvalue weighted by Crippen LogP contribution is -2.43. The monoisotopic (exact) mass is 801 g/mol. The molecule has 0 aliphatic carbocycles. The molecule has 0 radical (unpaired) electrons. The third-order valence-corrected chi connectivity index (χ3v) is 10.2. The first kappa shape index (κ1) is 40.1. The highest BCUT2D eigenvalue weighted by molar-refractivity contribution is 7.92. The molecule has 0 aliphatic heterocycles. The first-order valence-corrected chi connectivity index (χ1v) is 18.6. The van der Waals surface area contributed by atoms with Gasteiger partial charge in [-0.05, 0) is 71.6 Å². The number of fused-ring (bicyclic) bond motifs is 1. The van der Waals surface area contributed by atoms with Gasteiger partial charge < -0.3 is 24.6 Å². The zero-order valence-corrected chi connectivity index (χ0v) is 31.4. The van der Waals surface area contributed by atoms with Gasteiger partial charge in [-0.1, -0.05) is 24.3 Å². The van der Waals surface area contributed by atoms with Crippen molar-refractivity contribution in [2.45, 2.75) is 30.9 Å². The van der Waals surface area contributed by atoms with Crippen molar-refractivity contribution >= 4 is 38.6 Å². The molecule has 1 atom stereocenters. The van der Waals surface area contributed by atoms with Crippen molar-refractivity contribution < 1.29 is 50.5 Å². The number of amides is 1. The number of hydrogen-bond acceptors (Lipinski definition) is 10. The quantitative estimate of drug-likeness (QED) is 0.0959. The maximum atomic E-state index is 15.3. The predicted molar refractivity (Wildman–Crippen MR) is 203 cm³/mol. The number of ether oxygens (including phenoxy) is 3. The van der Waals surface area contributed by atoms with E-state index in [0.29, 0.717) is 70.2 Å². The van der Waals surface area contributed by atoms with Crippen LogP contribution < -0.4 is 19.5 Å². The van der Waals surface area contributed by atoms with Crippen LogP contribution in [0.3, 0.4) is 0 Å². The standard InChI is InChI=1S/C40H34F3N5O8S/c1-4-56-21-22-15-32(54-2)35(33(16-22)55-3)28-10-7-25(37-38(28)46-14-13-45-37)17-31(40(50)51)47-39(49)36-29(41)19-26(20-30(36)42)48-57(52,53)27-8-5-23(6-9-27)24-11-12-44-34(43)18-24/h5-16,18-20,31,48H,4,17,21H2,1-3H3,(H,47,49)(H,50,51)/t31-/m0/s1. The molecule has 294 valence electrons. The Morgan fingerprint density at radius 1 is 0.807 bits per heavy atom. The average molecular weight is 802 g/mol. The molecule has 2 heterocycles. The first-order chi connectivity index (χ1) is 27.3. The number of benzene rings is 4. The fourth-order valence-corrected chi connectivity index (χ4v) is 7.18. The molecule has 6 aromatic rings. The molecule has 17 heteroatoms. The molecule has 0 saturated carbocycles. The number of nitrogens with zero attached hydrogens (tertiary/aromatic N) is 3. The molecule has 0 bridgehead atoms. The van der Waals surface area contributed by atoms with Crippen LogP contribution in [0.1, 0.15) is 28.4 Å². The number of carboxylic acid groups (broad SMARTS) is 1. The fourth-order valence-electron chi connectivity index (χ4n) is 6.14. The Kier molecular flexibility index (Phi) is 12.0. The fraction of sp³-hybridized carbons (Fsp3) is 0.175. The highest BCUT2D eigenvalue weighted by Gasteiger charge is 2.28. The van der Waals surface area contributed by atoms with Gasteiger partial charge in [-0.15, -0.1) is 0 Å². The van der Waals surface area contributed by atoms with Gasteiger partial charge in [-0.25, -0.2) is 27.0 Å². The van der Waals surface area contributed by atoms with Crippen LogP contribution in [-0.2, 0) is 32.6 Å². The summed E-state index contributed by atoms with van der Waals surface area (Å²) in [6.07, 6.45) is 3.74. The number of hydrogen-bond donors (Lipinski definition) is 3. The molecule has 0 aliphatic rings. The third-order valence-electron chi connectivity index (χ3n) is 8.79. The van der Waals surface area contributed by atoms with Gasteiger partial charge in [-0.3, -0.25) is 19.5 Å². The smallest absolute Gasteiger partial charge is 0.326 e. The van der Waals surface area contributed by atoms with Gasteiger partial charge in [-0.2, -0.15) is 4.39 Å². The number of carbonyl (C=O) groups is 2. The van der Waals surface area contributed by atoms with Crippen LogP contribution in [0, 0.1) is 17.6 Å². The zero-order valence-electron chi connectivity index (χ0n) is 30.5. The lowest BCUT2D eigenvalue weighted by molar-refractivity contribution is -0.139. The minimum Gasteiger partial charge on any atom is -0.496 e. The Balaban J connectivity index is 1.23. The molecular weight excluding hydrogens is 768 g/mol. The van der Waals surface area contributed by atoms with Crippen LogP contribution >= 0.6 is 0 Å². The van der Waals surface area contributed by atoms with Gasteiger partial charge in [0.2, 0.25) is 5.95 Å². The number of halogens is 3. The van der Waals surface area contributed by atoms with E-state index in [0.717, 1.165) is 5.56 Å². The number of sulfonamides is 1. The van der Waals surface area contributed by atoms with Crippen LogP contribution in [0.25, 0.3) is 33.3 Å². The van der Waals surface area contributed by atoms with Gasteiger partial charge in [0.25, 0.3) is 15.9 Å². The van der Waals surface area contributed by atoms with Crippen molar-refractivity contribution in [3.63, 3.8) is 0 Å². The zero-order chi connectivity index (χ0) is 40.9. The predicted octanol–water partition coefficient (Wildman–Crippen LogP) is 6.56. The highest BCUT2D eigenvalue weighted by Crippen LogP contribution is 2.42. The summed E-state index contributed by atoms with van der Waals surface area (Å²) in [5.74, 6) is -5.64. The number of carboxylic acids is 1. The Hall–Kier alpha value is -6.59. The van der Waals surface area contributed by atoms with Crippen LogP contribution in [0.4, 0.5) is 18.9 Å². The van der Waals surface area contributed by atoms with Gasteiger partial charge in [0, 0.05) is 43.2 Å². The van der Waals surface area contributed by atoms with E-state index in [2.05, 4.69) is 25.0 Å². The van der Waals surface area contributed by atoms with Crippen molar-refractivity contribution in [2.75, 3.05) is 25.5 Å². The highest BCUT2D eigenvalue weighted by atomic mass is 32.2. The number of pyridine rings is 1. The van der Waals surface area contributed by atoms with Gasteiger partial charge in [0.1, 0.15) is 34.7 Å². The third kappa shape index (κ3) is 8.79. The minimum absolute atomic E-state index is 0.272. The number of anilines is 1. The lowest BCUT2D eigenvalue weighted by Gasteiger charge is -2.19. The maximum Gasteiger partial charge on any atom is 0.326 e. The van der Waals surface area contributed by atoms with Gasteiger partial charge in [0.15, 0.2) is 0 Å². The Morgan fingerprint density at radius 3 is 2.05 bits per heavy atom. The van der Waals surface area contributed by atoms with Crippen molar-refractivity contribution in [1.29, 1.82) is 0 Å². The lowest BCUT2D eigenvalue weighted by atomic mass is 9.95. The molecule has 13 nitrogen and oxygen atoms in total. The van der Waals surface area contributed by atoms with E-state index in [1.165, 1.54) is 69.2 Å². The van der Waals surface area contributed by atoms with E-state index in [1.54, 1.807) is 24.3 Å². The second kappa shape index (κ2) is 17.1. The molecule has 0 saturated heterocycles. The summed E-state index contributed by atoms with van der Waals surface area (Å²) in [4.78, 5) is 37.8. The second-order valence-corrected chi connectivity index (χ2v) is 14.1. The number of methoxy groups -OCH3 is 2. The molecule has 0 spiro atoms. The maximum absolute atomic E-state index is 15.3. The minimum atomic E-state index is -4.38. The molecule has 2 aromatic heterocycles. The topological polar surface area (TPSA) is 179 Å². The summed E-state index contributed by atoms with van der Waals surface area (Å²) in [6.45, 7) is 2.69. The van der Waals surface area contributed by atoms with E-state index in [1.807, 2.05) is 6.92 Å². The van der Waals surface area contributed by atoms with E-state index in [-0.39, 0.29) is 16.8 Å². The van der Waals surface area contributed by atoms with Gasteiger partial charge >= 0.3 is 5.97 Å². The van der Waals surface area contributed by atoms with E-state index in [9.17, 15) is 27.5 Å². The van der Waals surface area contributed by atoms with Crippen LogP contribution in [0.2, 0.25) is 0 Å². The number of nitrogens with one attached hydrogen (secondary N) is 2. The Labute approximate surface area is 324 Å². The second-order valence-electron chi connectivity index (χ2n) is 12.4. The summed E-state index contributed by atoms with van der Waals surface area (Å²) < 4.78 is 89.3. The normalized spacial score (nSPS) is 11.9. The SMILES string of the molecule is CCOCc1cc(OC)c(-c2ccc(C[C@H](NC(=O)c3c(F)cc(NS(=O)(=O)c4ccc(-c5ccnc(F)c5)cc4)cc3F)C(=O)O)c3nccnc23)c(OC)c1. The Morgan fingerprint density at radius 2 is 1.46 bits per heavy atom. The molecule has 0 fully saturated rings. The number of aromatic nitrogens is 3. The molecule has 57 heavy (non-hydrogen) atoms. The summed E-state index contributed by atoms with van der Waals surface area (Å²) in [6, 6.07) is 14.3. The van der Waals surface area contributed by atoms with Crippen LogP contribution in [0.15, 0.2) is 96.3 Å². The van der Waals surface area contributed by atoms with E-state index < -0.39 is 56.8 Å². The van der Waals surface area contributed by atoms with Crippen molar-refractivity contribution in [3.8, 4) is 33.8 Å². The van der Waals surface area contributed by atoms with Crippen LogP contribution in [0.5, 0.6) is 11.5 Å². The molecule has 4 aromatic carbocycles. The van der Waals surface area contributed by atoms with Crippen molar-refractivity contribution in [1.82, 2.24) is 20.3 Å². The molecule has 1 amide bonds. The number of rotatable bonds is 15. The summed E-state index contributed by atoms with van der Waals surface area (Å²) in [5, 5.41) is 12.3. The van der Waals surface area contributed by atoms with E-state index >= 15 is 8.78 Å². The first-order valence-electron chi connectivity index (χ1n) is 17.2. The molecule has 6 rings (SSSR count). The number of aliphatic carboxylic acids is 1.